The number of benzene rings is 2. The molecule has 0 radical (unpaired) electrons. The largest absolute Gasteiger partial charge is 0.375 e. The van der Waals surface area contributed by atoms with E-state index in [4.69, 9.17) is 5.73 Å². The number of aromatic nitrogens is 1. The summed E-state index contributed by atoms with van der Waals surface area (Å²) >= 11 is 1.38. The maximum atomic E-state index is 12.8. The molecule has 0 aliphatic carbocycles. The van der Waals surface area contributed by atoms with Crippen molar-refractivity contribution < 1.29 is 9.18 Å². The Labute approximate surface area is 142 Å². The number of nitrogens with one attached hydrogen (secondary N) is 1. The average molecular weight is 339 g/mol. The third-order valence-corrected chi connectivity index (χ3v) is 3.94. The zero-order chi connectivity index (χ0) is 16.9. The molecule has 0 aliphatic rings. The van der Waals surface area contributed by atoms with Gasteiger partial charge in [-0.3, -0.25) is 4.79 Å². The van der Waals surface area contributed by atoms with E-state index in [0.717, 1.165) is 16.8 Å². The first-order chi connectivity index (χ1) is 11.6. The van der Waals surface area contributed by atoms with Crippen LogP contribution in [0.25, 0.3) is 17.3 Å². The molecule has 3 rings (SSSR count). The summed E-state index contributed by atoms with van der Waals surface area (Å²) in [5.41, 5.74) is 8.80. The molecule has 1 amide bonds. The van der Waals surface area contributed by atoms with Gasteiger partial charge < -0.3 is 11.1 Å². The number of carbonyl (C=O) groups is 1. The summed E-state index contributed by atoms with van der Waals surface area (Å²) in [5, 5.41) is 5.17. The Morgan fingerprint density at radius 1 is 1.12 bits per heavy atom. The number of anilines is 2. The van der Waals surface area contributed by atoms with Gasteiger partial charge >= 0.3 is 0 Å². The first-order valence-corrected chi connectivity index (χ1v) is 8.04. The Morgan fingerprint density at radius 2 is 1.83 bits per heavy atom. The molecule has 4 nitrogen and oxygen atoms in total. The fraction of sp³-hybridized carbons (Fsp3) is 0. The van der Waals surface area contributed by atoms with Crippen molar-refractivity contribution in [1.29, 1.82) is 0 Å². The van der Waals surface area contributed by atoms with Gasteiger partial charge in [0.25, 0.3) is 0 Å². The van der Waals surface area contributed by atoms with Crippen molar-refractivity contribution in [1.82, 2.24) is 4.98 Å². The third-order valence-electron chi connectivity index (χ3n) is 3.27. The van der Waals surface area contributed by atoms with E-state index in [1.807, 2.05) is 17.5 Å². The van der Waals surface area contributed by atoms with Crippen LogP contribution >= 0.6 is 11.3 Å². The van der Waals surface area contributed by atoms with Crippen molar-refractivity contribution in [2.45, 2.75) is 0 Å². The topological polar surface area (TPSA) is 68.0 Å². The number of halogens is 1. The molecule has 0 aliphatic heterocycles. The molecule has 0 unspecified atom stereocenters. The number of hydrogen-bond acceptors (Lipinski definition) is 4. The Hall–Kier alpha value is -2.99. The van der Waals surface area contributed by atoms with E-state index >= 15 is 0 Å². The van der Waals surface area contributed by atoms with Gasteiger partial charge in [0.05, 0.1) is 5.69 Å². The monoisotopic (exact) mass is 339 g/mol. The molecule has 24 heavy (non-hydrogen) atoms. The Balaban J connectivity index is 1.63. The highest BCUT2D eigenvalue weighted by Gasteiger charge is 2.03. The zero-order valence-corrected chi connectivity index (χ0v) is 13.4. The molecule has 3 aromatic rings. The molecule has 0 saturated carbocycles. The van der Waals surface area contributed by atoms with Crippen LogP contribution in [0.4, 0.5) is 15.2 Å². The Morgan fingerprint density at radius 3 is 2.46 bits per heavy atom. The lowest BCUT2D eigenvalue weighted by atomic mass is 10.1. The van der Waals surface area contributed by atoms with E-state index in [1.54, 1.807) is 30.3 Å². The van der Waals surface area contributed by atoms with Crippen LogP contribution in [0.3, 0.4) is 0 Å². The molecular weight excluding hydrogens is 325 g/mol. The molecule has 3 N–H and O–H groups in total. The summed E-state index contributed by atoms with van der Waals surface area (Å²) < 4.78 is 12.8. The second kappa shape index (κ2) is 7.06. The maximum absolute atomic E-state index is 12.8. The number of hydrogen-bond donors (Lipinski definition) is 2. The van der Waals surface area contributed by atoms with Crippen molar-refractivity contribution in [2.24, 2.45) is 0 Å². The lowest BCUT2D eigenvalue weighted by Crippen LogP contribution is -2.07. The minimum atomic E-state index is -0.307. The molecule has 0 atom stereocenters. The second-order valence-electron chi connectivity index (χ2n) is 5.02. The van der Waals surface area contributed by atoms with Gasteiger partial charge in [-0.05, 0) is 35.9 Å². The number of nitrogen functional groups attached to an aromatic ring is 1. The predicted molar refractivity (Wildman–Crippen MR) is 96.0 cm³/mol. The van der Waals surface area contributed by atoms with Crippen LogP contribution in [0.1, 0.15) is 5.56 Å². The smallest absolute Gasteiger partial charge is 0.248 e. The zero-order valence-electron chi connectivity index (χ0n) is 12.6. The van der Waals surface area contributed by atoms with Crippen LogP contribution in [0.5, 0.6) is 0 Å². The van der Waals surface area contributed by atoms with Gasteiger partial charge in [-0.15, -0.1) is 11.3 Å². The molecular formula is C18H14FN3OS. The molecule has 0 fully saturated rings. The van der Waals surface area contributed by atoms with Gasteiger partial charge in [0.1, 0.15) is 5.82 Å². The lowest BCUT2D eigenvalue weighted by molar-refractivity contribution is -0.111. The Kier molecular flexibility index (Phi) is 4.67. The van der Waals surface area contributed by atoms with E-state index in [9.17, 15) is 9.18 Å². The van der Waals surface area contributed by atoms with E-state index in [-0.39, 0.29) is 11.7 Å². The summed E-state index contributed by atoms with van der Waals surface area (Å²) in [5.74, 6) is -0.566. The number of nitrogens with two attached hydrogens (primary N) is 1. The lowest BCUT2D eigenvalue weighted by Gasteiger charge is -2.03. The number of carbonyl (C=O) groups excluding carboxylic acids is 1. The fourth-order valence-electron chi connectivity index (χ4n) is 2.07. The predicted octanol–water partition coefficient (Wildman–Crippen LogP) is 4.18. The molecule has 1 aromatic heterocycles. The first kappa shape index (κ1) is 15.9. The molecule has 6 heteroatoms. The van der Waals surface area contributed by atoms with Gasteiger partial charge in [0, 0.05) is 22.7 Å². The SMILES string of the molecule is Nc1nc(-c2ccc(NC(=O)/C=C/c3ccc(F)cc3)cc2)cs1. The maximum Gasteiger partial charge on any atom is 0.248 e. The van der Waals surface area contributed by atoms with Crippen molar-refractivity contribution in [2.75, 3.05) is 11.1 Å². The highest BCUT2D eigenvalue weighted by Crippen LogP contribution is 2.24. The van der Waals surface area contributed by atoms with Crippen LogP contribution in [0, 0.1) is 5.82 Å². The quantitative estimate of drug-likeness (QED) is 0.701. The highest BCUT2D eigenvalue weighted by molar-refractivity contribution is 7.13. The fourth-order valence-corrected chi connectivity index (χ4v) is 2.65. The van der Waals surface area contributed by atoms with Gasteiger partial charge in [-0.25, -0.2) is 9.37 Å². The van der Waals surface area contributed by atoms with E-state index in [2.05, 4.69) is 10.3 Å². The molecule has 120 valence electrons. The second-order valence-corrected chi connectivity index (χ2v) is 5.91. The van der Waals surface area contributed by atoms with Crippen molar-refractivity contribution >= 4 is 34.1 Å². The number of nitrogens with zero attached hydrogens (tertiary/aromatic N) is 1. The van der Waals surface area contributed by atoms with Gasteiger partial charge in [0.2, 0.25) is 5.91 Å². The molecule has 1 heterocycles. The van der Waals surface area contributed by atoms with Gasteiger partial charge in [-0.1, -0.05) is 24.3 Å². The standard InChI is InChI=1S/C18H14FN3OS/c19-14-6-1-12(2-7-14)3-10-17(23)21-15-8-4-13(5-9-15)16-11-24-18(20)22-16/h1-11H,(H2,20,22)(H,21,23)/b10-3+. The summed E-state index contributed by atoms with van der Waals surface area (Å²) in [6.07, 6.45) is 3.03. The third kappa shape index (κ3) is 4.05. The van der Waals surface area contributed by atoms with Crippen LogP contribution < -0.4 is 11.1 Å². The molecule has 0 saturated heterocycles. The normalized spacial score (nSPS) is 10.9. The Bertz CT molecular complexity index is 870. The average Bonchev–Trinajstić information content (AvgIpc) is 3.01. The number of rotatable bonds is 4. The van der Waals surface area contributed by atoms with Crippen molar-refractivity contribution in [3.63, 3.8) is 0 Å². The summed E-state index contributed by atoms with van der Waals surface area (Å²) in [4.78, 5) is 16.1. The van der Waals surface area contributed by atoms with Crippen molar-refractivity contribution in [3.8, 4) is 11.3 Å². The molecule has 0 bridgehead atoms. The molecule has 0 spiro atoms. The minimum Gasteiger partial charge on any atom is -0.375 e. The minimum absolute atomic E-state index is 0.259. The highest BCUT2D eigenvalue weighted by atomic mass is 32.1. The van der Waals surface area contributed by atoms with E-state index in [1.165, 1.54) is 29.5 Å². The van der Waals surface area contributed by atoms with E-state index < -0.39 is 0 Å². The van der Waals surface area contributed by atoms with Crippen LogP contribution in [0.15, 0.2) is 60.0 Å². The molecule has 2 aromatic carbocycles. The van der Waals surface area contributed by atoms with Gasteiger partial charge in [-0.2, -0.15) is 0 Å². The summed E-state index contributed by atoms with van der Waals surface area (Å²) in [7, 11) is 0. The summed E-state index contributed by atoms with van der Waals surface area (Å²) in [6, 6.07) is 13.2. The summed E-state index contributed by atoms with van der Waals surface area (Å²) in [6.45, 7) is 0. The van der Waals surface area contributed by atoms with E-state index in [0.29, 0.717) is 10.8 Å². The van der Waals surface area contributed by atoms with Crippen LogP contribution in [0.2, 0.25) is 0 Å². The van der Waals surface area contributed by atoms with Crippen LogP contribution in [-0.4, -0.2) is 10.9 Å². The van der Waals surface area contributed by atoms with Crippen molar-refractivity contribution in [3.05, 3.63) is 71.4 Å². The first-order valence-electron chi connectivity index (χ1n) is 7.16. The number of amides is 1. The van der Waals surface area contributed by atoms with Crippen LogP contribution in [-0.2, 0) is 4.79 Å². The number of thiazole rings is 1. The van der Waals surface area contributed by atoms with Gasteiger partial charge in [0.15, 0.2) is 5.13 Å².